The Bertz CT molecular complexity index is 1570. The van der Waals surface area contributed by atoms with Crippen molar-refractivity contribution in [2.24, 2.45) is 14.1 Å². The van der Waals surface area contributed by atoms with Crippen molar-refractivity contribution in [1.29, 1.82) is 0 Å². The van der Waals surface area contributed by atoms with Gasteiger partial charge in [0, 0.05) is 50.2 Å². The molecule has 11 heteroatoms. The van der Waals surface area contributed by atoms with Gasteiger partial charge in [0.15, 0.2) is 11.4 Å². The molecule has 0 spiro atoms. The molecule has 0 saturated carbocycles. The Labute approximate surface area is 259 Å². The van der Waals surface area contributed by atoms with Crippen molar-refractivity contribution in [3.05, 3.63) is 69.0 Å². The molecule has 0 saturated heterocycles. The number of hydrogen-bond donors (Lipinski definition) is 2. The molecule has 2 heterocycles. The highest BCUT2D eigenvalue weighted by Gasteiger charge is 2.19. The van der Waals surface area contributed by atoms with Gasteiger partial charge >= 0.3 is 0 Å². The molecular weight excluding hydrogens is 595 g/mol. The van der Waals surface area contributed by atoms with E-state index < -0.39 is 10.4 Å². The van der Waals surface area contributed by atoms with E-state index in [1.807, 2.05) is 12.1 Å². The van der Waals surface area contributed by atoms with Gasteiger partial charge in [-0.1, -0.05) is 36.0 Å². The molecule has 2 aromatic heterocycles. The van der Waals surface area contributed by atoms with Crippen molar-refractivity contribution in [2.45, 2.75) is 53.4 Å². The normalized spacial score (nSPS) is 11.5. The first-order chi connectivity index (χ1) is 19.8. The highest BCUT2D eigenvalue weighted by atomic mass is 35.5. The molecule has 0 radical (unpaired) electrons. The summed E-state index contributed by atoms with van der Waals surface area (Å²) in [6, 6.07) is 12.7. The number of halogens is 2. The van der Waals surface area contributed by atoms with Gasteiger partial charge in [-0.2, -0.15) is 9.13 Å². The SMILES string of the molecule is COS(=O)(=O)[O-].Cc1c(Cl)ccc2c(NCCCCCCNc3cc(C)[n+](C)c4c(C)c(Cl)ccc34)cc(C)[n+](C)c12. The molecule has 4 aromatic rings. The third kappa shape index (κ3) is 8.23. The van der Waals surface area contributed by atoms with E-state index in [0.717, 1.165) is 54.2 Å². The van der Waals surface area contributed by atoms with Gasteiger partial charge in [0.2, 0.25) is 21.4 Å². The fraction of sp³-hybridized carbons (Fsp3) is 0.419. The summed E-state index contributed by atoms with van der Waals surface area (Å²) in [5.74, 6) is 0. The molecule has 0 bridgehead atoms. The largest absolute Gasteiger partial charge is 0.726 e. The van der Waals surface area contributed by atoms with E-state index in [0.29, 0.717) is 0 Å². The number of unbranched alkanes of at least 4 members (excludes halogenated alkanes) is 3. The minimum absolute atomic E-state index is 0.808. The van der Waals surface area contributed by atoms with Crippen LogP contribution in [-0.2, 0) is 28.7 Å². The topological polar surface area (TPSA) is 98.2 Å². The third-order valence-corrected chi connectivity index (χ3v) is 8.91. The molecule has 0 fully saturated rings. The Balaban J connectivity index is 0.000000730. The first kappa shape index (κ1) is 33.8. The molecule has 2 aromatic carbocycles. The standard InChI is InChI=1S/C30H36Cl2N4.CH4O4S/c1-19-17-27(23-11-13-25(31)21(3)29(23)35(19)5)33-15-9-7-8-10-16-34-28-18-20(2)36(6)30-22(4)26(32)14-12-24(28)30;1-5-6(2,3)4/h11-14,17-18H,7-10,15-16H2,1-6H3;1H3,(H,2,3,4)/p+1. The zero-order chi connectivity index (χ0) is 31.2. The molecule has 4 rings (SSSR count). The lowest BCUT2D eigenvalue weighted by molar-refractivity contribution is -0.651. The molecule has 0 amide bonds. The zero-order valence-electron chi connectivity index (χ0n) is 25.4. The van der Waals surface area contributed by atoms with Gasteiger partial charge in [0.1, 0.15) is 14.1 Å². The van der Waals surface area contributed by atoms with Crippen LogP contribution < -0.4 is 19.8 Å². The van der Waals surface area contributed by atoms with E-state index in [2.05, 4.69) is 90.0 Å². The molecular formula is C31H41Cl2N4O4S+. The predicted octanol–water partition coefficient (Wildman–Crippen LogP) is 6.36. The summed E-state index contributed by atoms with van der Waals surface area (Å²) < 4.78 is 35.5. The van der Waals surface area contributed by atoms with Gasteiger partial charge in [-0.25, -0.2) is 8.42 Å². The Morgan fingerprint density at radius 1 is 0.738 bits per heavy atom. The van der Waals surface area contributed by atoms with Crippen LogP contribution in [0.25, 0.3) is 21.8 Å². The van der Waals surface area contributed by atoms with Crippen molar-refractivity contribution in [3.63, 3.8) is 0 Å². The third-order valence-electron chi connectivity index (χ3n) is 7.68. The van der Waals surface area contributed by atoms with Crippen LogP contribution in [-0.4, -0.2) is 33.2 Å². The van der Waals surface area contributed by atoms with Crippen LogP contribution in [0, 0.1) is 27.7 Å². The van der Waals surface area contributed by atoms with Crippen LogP contribution >= 0.6 is 23.2 Å². The average Bonchev–Trinajstić information content (AvgIpc) is 2.94. The second-order valence-electron chi connectivity index (χ2n) is 10.5. The molecule has 0 aliphatic rings. The highest BCUT2D eigenvalue weighted by molar-refractivity contribution is 7.80. The maximum atomic E-state index is 9.22. The van der Waals surface area contributed by atoms with Crippen LogP contribution in [0.5, 0.6) is 0 Å². The number of aryl methyl sites for hydroxylation is 6. The Kier molecular flexibility index (Phi) is 11.8. The lowest BCUT2D eigenvalue weighted by Gasteiger charge is -2.13. The van der Waals surface area contributed by atoms with Crippen LogP contribution in [0.15, 0.2) is 36.4 Å². The Morgan fingerprint density at radius 2 is 1.10 bits per heavy atom. The number of fused-ring (bicyclic) bond motifs is 2. The lowest BCUT2D eigenvalue weighted by atomic mass is 10.1. The maximum Gasteiger partial charge on any atom is 0.218 e. The summed E-state index contributed by atoms with van der Waals surface area (Å²) >= 11 is 12.8. The van der Waals surface area contributed by atoms with Gasteiger partial charge in [-0.3, -0.25) is 4.18 Å². The van der Waals surface area contributed by atoms with E-state index in [1.54, 1.807) is 0 Å². The van der Waals surface area contributed by atoms with Gasteiger partial charge in [0.05, 0.1) is 39.3 Å². The maximum absolute atomic E-state index is 9.22. The predicted molar refractivity (Wildman–Crippen MR) is 171 cm³/mol. The molecule has 42 heavy (non-hydrogen) atoms. The number of nitrogens with one attached hydrogen (secondary N) is 2. The summed E-state index contributed by atoms with van der Waals surface area (Å²) in [6.07, 6.45) is 4.70. The smallest absolute Gasteiger partial charge is 0.218 e. The fourth-order valence-electron chi connectivity index (χ4n) is 5.11. The molecule has 228 valence electrons. The molecule has 0 aliphatic heterocycles. The number of pyridine rings is 2. The second-order valence-corrected chi connectivity index (χ2v) is 12.5. The molecule has 2 N–H and O–H groups in total. The van der Waals surface area contributed by atoms with Crippen LogP contribution in [0.4, 0.5) is 11.4 Å². The minimum atomic E-state index is -4.41. The number of aromatic nitrogens is 2. The number of nitrogens with zero attached hydrogens (tertiary/aromatic N) is 2. The molecule has 8 nitrogen and oxygen atoms in total. The van der Waals surface area contributed by atoms with Crippen molar-refractivity contribution in [2.75, 3.05) is 30.8 Å². The van der Waals surface area contributed by atoms with Gasteiger partial charge < -0.3 is 15.2 Å². The lowest BCUT2D eigenvalue weighted by Crippen LogP contribution is -2.34. The molecule has 0 atom stereocenters. The Hall–Kier alpha value is -2.69. The minimum Gasteiger partial charge on any atom is -0.726 e. The Morgan fingerprint density at radius 3 is 1.43 bits per heavy atom. The van der Waals surface area contributed by atoms with Crippen molar-refractivity contribution in [1.82, 2.24) is 0 Å². The number of anilines is 2. The summed E-state index contributed by atoms with van der Waals surface area (Å²) in [5, 5.41) is 11.4. The van der Waals surface area contributed by atoms with Gasteiger partial charge in [-0.15, -0.1) is 0 Å². The van der Waals surface area contributed by atoms with Gasteiger partial charge in [0.25, 0.3) is 0 Å². The molecule has 0 unspecified atom stereocenters. The first-order valence-electron chi connectivity index (χ1n) is 13.9. The summed E-state index contributed by atoms with van der Waals surface area (Å²) in [7, 11) is 0.607. The van der Waals surface area contributed by atoms with Crippen LogP contribution in [0.2, 0.25) is 10.0 Å². The zero-order valence-corrected chi connectivity index (χ0v) is 27.7. The summed E-state index contributed by atoms with van der Waals surface area (Å²) in [4.78, 5) is 0. The first-order valence-corrected chi connectivity index (χ1v) is 16.0. The second kappa shape index (κ2) is 14.7. The summed E-state index contributed by atoms with van der Waals surface area (Å²) in [6.45, 7) is 10.4. The van der Waals surface area contributed by atoms with E-state index in [4.69, 9.17) is 23.2 Å². The fourth-order valence-corrected chi connectivity index (χ4v) is 5.42. The van der Waals surface area contributed by atoms with Crippen LogP contribution in [0.3, 0.4) is 0 Å². The average molecular weight is 637 g/mol. The van der Waals surface area contributed by atoms with Crippen LogP contribution in [0.1, 0.15) is 48.2 Å². The number of rotatable bonds is 10. The van der Waals surface area contributed by atoms with E-state index >= 15 is 0 Å². The van der Waals surface area contributed by atoms with Crippen molar-refractivity contribution < 1.29 is 26.3 Å². The quantitative estimate of drug-likeness (QED) is 0.0910. The number of benzene rings is 2. The number of hydrogen-bond acceptors (Lipinski definition) is 6. The van der Waals surface area contributed by atoms with E-state index in [1.165, 1.54) is 57.4 Å². The van der Waals surface area contributed by atoms with Gasteiger partial charge in [-0.05, 0) is 51.0 Å². The highest BCUT2D eigenvalue weighted by Crippen LogP contribution is 2.30. The van der Waals surface area contributed by atoms with E-state index in [-0.39, 0.29) is 0 Å². The monoisotopic (exact) mass is 635 g/mol. The van der Waals surface area contributed by atoms with E-state index in [9.17, 15) is 13.0 Å². The van der Waals surface area contributed by atoms with Crippen molar-refractivity contribution in [3.8, 4) is 0 Å². The van der Waals surface area contributed by atoms with Crippen molar-refractivity contribution >= 4 is 66.8 Å². The molecule has 0 aliphatic carbocycles. The summed E-state index contributed by atoms with van der Waals surface area (Å²) in [5.41, 5.74) is 9.48.